The van der Waals surface area contributed by atoms with Crippen molar-refractivity contribution in [3.63, 3.8) is 0 Å². The predicted molar refractivity (Wildman–Crippen MR) is 104 cm³/mol. The van der Waals surface area contributed by atoms with Crippen LogP contribution in [0.25, 0.3) is 22.4 Å². The Kier molecular flexibility index (Phi) is 3.78. The van der Waals surface area contributed by atoms with Crippen LogP contribution in [0.3, 0.4) is 0 Å². The Morgan fingerprint density at radius 3 is 2.78 bits per heavy atom. The van der Waals surface area contributed by atoms with Gasteiger partial charge in [0.2, 0.25) is 11.7 Å². The maximum absolute atomic E-state index is 4.61. The standard InChI is InChI=1S/C19H22N8/c1-3-15-9-23-19-22-8-12(11-26(15)19)16-4-5-27-17(16)10-21-18(25-27)24-14-6-13(7-14)20-2/h4-5,8-11,13-14,20H,3,6-7H2,1-2H3,(H,24,25)/t13-,14+. The van der Waals surface area contributed by atoms with Gasteiger partial charge in [-0.15, -0.1) is 5.10 Å². The molecule has 0 aliphatic heterocycles. The average Bonchev–Trinajstić information content (AvgIpc) is 3.27. The fourth-order valence-electron chi connectivity index (χ4n) is 3.69. The van der Waals surface area contributed by atoms with Crippen molar-refractivity contribution in [1.82, 2.24) is 34.3 Å². The normalized spacial score (nSPS) is 19.5. The molecule has 0 atom stereocenters. The minimum absolute atomic E-state index is 0.440. The molecule has 1 saturated carbocycles. The highest BCUT2D eigenvalue weighted by Gasteiger charge is 2.28. The largest absolute Gasteiger partial charge is 0.350 e. The summed E-state index contributed by atoms with van der Waals surface area (Å²) >= 11 is 0. The van der Waals surface area contributed by atoms with Gasteiger partial charge >= 0.3 is 0 Å². The smallest absolute Gasteiger partial charge is 0.241 e. The van der Waals surface area contributed by atoms with Crippen LogP contribution in [0.2, 0.25) is 0 Å². The second-order valence-corrected chi connectivity index (χ2v) is 7.06. The van der Waals surface area contributed by atoms with E-state index in [4.69, 9.17) is 0 Å². The molecular formula is C19H22N8. The van der Waals surface area contributed by atoms with Gasteiger partial charge in [-0.2, -0.15) is 0 Å². The van der Waals surface area contributed by atoms with Crippen molar-refractivity contribution in [1.29, 1.82) is 0 Å². The van der Waals surface area contributed by atoms with E-state index in [-0.39, 0.29) is 0 Å². The molecule has 8 heteroatoms. The van der Waals surface area contributed by atoms with Gasteiger partial charge in [-0.05, 0) is 32.4 Å². The summed E-state index contributed by atoms with van der Waals surface area (Å²) in [6.45, 7) is 2.12. The zero-order chi connectivity index (χ0) is 18.4. The van der Waals surface area contributed by atoms with Crippen LogP contribution in [0, 0.1) is 0 Å². The summed E-state index contributed by atoms with van der Waals surface area (Å²) in [5, 5.41) is 11.3. The molecule has 1 aliphatic carbocycles. The van der Waals surface area contributed by atoms with Crippen LogP contribution in [0.15, 0.2) is 37.1 Å². The lowest BCUT2D eigenvalue weighted by Crippen LogP contribution is -2.46. The molecule has 4 aromatic rings. The monoisotopic (exact) mass is 362 g/mol. The number of anilines is 1. The van der Waals surface area contributed by atoms with Gasteiger partial charge in [0.15, 0.2) is 0 Å². The second kappa shape index (κ2) is 6.31. The third-order valence-electron chi connectivity index (χ3n) is 5.41. The number of aryl methyl sites for hydroxylation is 1. The van der Waals surface area contributed by atoms with Crippen LogP contribution < -0.4 is 10.6 Å². The van der Waals surface area contributed by atoms with Crippen LogP contribution in [0.4, 0.5) is 5.95 Å². The van der Waals surface area contributed by atoms with Crippen molar-refractivity contribution >= 4 is 17.2 Å². The third-order valence-corrected chi connectivity index (χ3v) is 5.41. The Labute approximate surface area is 156 Å². The molecule has 2 N–H and O–H groups in total. The van der Waals surface area contributed by atoms with Gasteiger partial charge in [-0.1, -0.05) is 6.92 Å². The summed E-state index contributed by atoms with van der Waals surface area (Å²) in [5.41, 5.74) is 4.19. The maximum Gasteiger partial charge on any atom is 0.241 e. The highest BCUT2D eigenvalue weighted by Crippen LogP contribution is 2.26. The fourth-order valence-corrected chi connectivity index (χ4v) is 3.69. The number of nitrogens with zero attached hydrogens (tertiary/aromatic N) is 6. The molecule has 0 bridgehead atoms. The van der Waals surface area contributed by atoms with E-state index < -0.39 is 0 Å². The van der Waals surface area contributed by atoms with Crippen molar-refractivity contribution in [2.24, 2.45) is 0 Å². The van der Waals surface area contributed by atoms with Gasteiger partial charge < -0.3 is 10.6 Å². The highest BCUT2D eigenvalue weighted by atomic mass is 15.3. The first kappa shape index (κ1) is 16.2. The summed E-state index contributed by atoms with van der Waals surface area (Å²) in [5.74, 6) is 1.39. The van der Waals surface area contributed by atoms with Crippen molar-refractivity contribution < 1.29 is 0 Å². The summed E-state index contributed by atoms with van der Waals surface area (Å²) in [6, 6.07) is 3.10. The Hall–Kier alpha value is -3.00. The van der Waals surface area contributed by atoms with Crippen molar-refractivity contribution in [3.8, 4) is 11.1 Å². The van der Waals surface area contributed by atoms with Gasteiger partial charge in [0.1, 0.15) is 0 Å². The third kappa shape index (κ3) is 2.73. The molecule has 27 heavy (non-hydrogen) atoms. The molecular weight excluding hydrogens is 340 g/mol. The molecule has 1 fully saturated rings. The summed E-state index contributed by atoms with van der Waals surface area (Å²) in [6.07, 6.45) is 12.8. The number of hydrogen-bond acceptors (Lipinski definition) is 6. The van der Waals surface area contributed by atoms with E-state index in [1.807, 2.05) is 40.8 Å². The van der Waals surface area contributed by atoms with Crippen molar-refractivity contribution in [3.05, 3.63) is 42.7 Å². The molecule has 0 aromatic carbocycles. The van der Waals surface area contributed by atoms with Crippen LogP contribution in [0.5, 0.6) is 0 Å². The molecule has 0 amide bonds. The Balaban J connectivity index is 1.46. The molecule has 4 heterocycles. The zero-order valence-electron chi connectivity index (χ0n) is 15.4. The van der Waals surface area contributed by atoms with Crippen molar-refractivity contribution in [2.75, 3.05) is 12.4 Å². The van der Waals surface area contributed by atoms with E-state index in [0.29, 0.717) is 18.0 Å². The minimum atomic E-state index is 0.440. The molecule has 1 aliphatic rings. The number of rotatable bonds is 5. The highest BCUT2D eigenvalue weighted by molar-refractivity contribution is 5.79. The molecule has 8 nitrogen and oxygen atoms in total. The van der Waals surface area contributed by atoms with Crippen LogP contribution in [0.1, 0.15) is 25.5 Å². The van der Waals surface area contributed by atoms with Crippen LogP contribution in [-0.4, -0.2) is 48.1 Å². The molecule has 5 rings (SSSR count). The molecule has 0 unspecified atom stereocenters. The second-order valence-electron chi connectivity index (χ2n) is 7.06. The number of imidazole rings is 1. The van der Waals surface area contributed by atoms with Crippen LogP contribution >= 0.6 is 0 Å². The van der Waals surface area contributed by atoms with Gasteiger partial charge in [0.05, 0.1) is 17.9 Å². The van der Waals surface area contributed by atoms with Gasteiger partial charge in [0, 0.05) is 47.5 Å². The minimum Gasteiger partial charge on any atom is -0.350 e. The number of aromatic nitrogens is 6. The van der Waals surface area contributed by atoms with Crippen LogP contribution in [-0.2, 0) is 6.42 Å². The molecule has 4 aromatic heterocycles. The van der Waals surface area contributed by atoms with E-state index in [1.54, 1.807) is 0 Å². The predicted octanol–water partition coefficient (Wildman–Crippen LogP) is 2.16. The topological polar surface area (TPSA) is 84.4 Å². The maximum atomic E-state index is 4.61. The number of fused-ring (bicyclic) bond motifs is 2. The lowest BCUT2D eigenvalue weighted by atomic mass is 9.87. The molecule has 0 saturated heterocycles. The van der Waals surface area contributed by atoms with Gasteiger partial charge in [0.25, 0.3) is 0 Å². The van der Waals surface area contributed by atoms with Gasteiger partial charge in [-0.3, -0.25) is 4.40 Å². The lowest BCUT2D eigenvalue weighted by Gasteiger charge is -2.35. The number of hydrogen-bond donors (Lipinski definition) is 2. The molecule has 138 valence electrons. The first-order valence-corrected chi connectivity index (χ1v) is 9.35. The molecule has 0 radical (unpaired) electrons. The summed E-state index contributed by atoms with van der Waals surface area (Å²) in [4.78, 5) is 13.4. The van der Waals surface area contributed by atoms with E-state index in [9.17, 15) is 0 Å². The Morgan fingerprint density at radius 1 is 1.11 bits per heavy atom. The summed E-state index contributed by atoms with van der Waals surface area (Å²) in [7, 11) is 2.00. The average molecular weight is 362 g/mol. The molecule has 0 spiro atoms. The van der Waals surface area contributed by atoms with E-state index in [0.717, 1.165) is 47.4 Å². The van der Waals surface area contributed by atoms with Crippen molar-refractivity contribution in [2.45, 2.75) is 38.3 Å². The van der Waals surface area contributed by atoms with E-state index >= 15 is 0 Å². The fraction of sp³-hybridized carbons (Fsp3) is 0.368. The van der Waals surface area contributed by atoms with Gasteiger partial charge in [-0.25, -0.2) is 19.5 Å². The van der Waals surface area contributed by atoms with E-state index in [1.165, 1.54) is 0 Å². The Bertz CT molecular complexity index is 1110. The SMILES string of the molecule is CCc1cnc2ncc(-c3ccn4nc(N[C@H]5C[C@@H](NC)C5)ncc34)cn12. The first-order valence-electron chi connectivity index (χ1n) is 9.35. The quantitative estimate of drug-likeness (QED) is 0.566. The first-order chi connectivity index (χ1) is 13.2. The summed E-state index contributed by atoms with van der Waals surface area (Å²) < 4.78 is 3.92. The Morgan fingerprint density at radius 2 is 1.96 bits per heavy atom. The number of nitrogens with one attached hydrogen (secondary N) is 2. The van der Waals surface area contributed by atoms with E-state index in [2.05, 4.69) is 49.9 Å². The lowest BCUT2D eigenvalue weighted by molar-refractivity contribution is 0.325. The zero-order valence-corrected chi connectivity index (χ0v) is 15.4.